The fourth-order valence-electron chi connectivity index (χ4n) is 1.96. The van der Waals surface area contributed by atoms with Crippen LogP contribution < -0.4 is 0 Å². The predicted octanol–water partition coefficient (Wildman–Crippen LogP) is 4.10. The Hall–Kier alpha value is -2.80. The summed E-state index contributed by atoms with van der Waals surface area (Å²) in [6.07, 6.45) is 4.80. The van der Waals surface area contributed by atoms with Crippen LogP contribution in [0.1, 0.15) is 35.6 Å². The minimum absolute atomic E-state index is 0.289. The van der Waals surface area contributed by atoms with Crippen LogP contribution in [0.3, 0.4) is 0 Å². The lowest BCUT2D eigenvalue weighted by molar-refractivity contribution is 0.623. The Morgan fingerprint density at radius 3 is 2.45 bits per heavy atom. The predicted molar refractivity (Wildman–Crippen MR) is 86.7 cm³/mol. The van der Waals surface area contributed by atoms with Crippen molar-refractivity contribution in [3.05, 3.63) is 70.5 Å². The number of aryl methyl sites for hydroxylation is 1. The van der Waals surface area contributed by atoms with E-state index in [1.54, 1.807) is 36.5 Å². The summed E-state index contributed by atoms with van der Waals surface area (Å²) >= 11 is 0. The van der Waals surface area contributed by atoms with Crippen molar-refractivity contribution < 1.29 is 4.39 Å². The monoisotopic (exact) mass is 293 g/mol. The zero-order valence-electron chi connectivity index (χ0n) is 12.3. The number of hydrogen-bond donors (Lipinski definition) is 0. The summed E-state index contributed by atoms with van der Waals surface area (Å²) in [5.74, 6) is -0.289. The smallest absolute Gasteiger partial charge is 0.132 e. The second-order valence-electron chi connectivity index (χ2n) is 4.83. The van der Waals surface area contributed by atoms with Gasteiger partial charge in [-0.05, 0) is 35.7 Å². The van der Waals surface area contributed by atoms with Crippen molar-refractivity contribution in [3.63, 3.8) is 0 Å². The van der Waals surface area contributed by atoms with Gasteiger partial charge in [0.25, 0.3) is 0 Å². The van der Waals surface area contributed by atoms with Crippen molar-refractivity contribution >= 4 is 12.4 Å². The zero-order valence-corrected chi connectivity index (χ0v) is 12.3. The first kappa shape index (κ1) is 15.6. The second kappa shape index (κ2) is 7.84. The Morgan fingerprint density at radius 1 is 1.09 bits per heavy atom. The first-order chi connectivity index (χ1) is 10.7. The van der Waals surface area contributed by atoms with Crippen molar-refractivity contribution in [2.45, 2.75) is 19.8 Å². The average molecular weight is 293 g/mol. The summed E-state index contributed by atoms with van der Waals surface area (Å²) in [5, 5.41) is 16.4. The normalized spacial score (nSPS) is 11.1. The van der Waals surface area contributed by atoms with Gasteiger partial charge in [-0.1, -0.05) is 37.6 Å². The molecule has 0 atom stereocenters. The van der Waals surface area contributed by atoms with Crippen LogP contribution in [0.4, 0.5) is 4.39 Å². The third-order valence-electron chi connectivity index (χ3n) is 3.11. The molecule has 0 bridgehead atoms. The van der Waals surface area contributed by atoms with Gasteiger partial charge in [-0.2, -0.15) is 15.5 Å². The molecule has 0 spiro atoms. The standard InChI is InChI=1S/C18H16FN3/c1-2-3-14-8-9-17(18(19)10-14)13-22-21-12-16-6-4-15(11-20)5-7-16/h4-10,12-13H,2-3H2,1H3. The van der Waals surface area contributed by atoms with Gasteiger partial charge in [-0.25, -0.2) is 4.39 Å². The van der Waals surface area contributed by atoms with Crippen LogP contribution in [0.15, 0.2) is 52.7 Å². The summed E-state index contributed by atoms with van der Waals surface area (Å²) < 4.78 is 13.8. The van der Waals surface area contributed by atoms with E-state index in [9.17, 15) is 4.39 Å². The van der Waals surface area contributed by atoms with E-state index in [0.29, 0.717) is 11.1 Å². The SMILES string of the molecule is CCCc1ccc(C=NN=Cc2ccc(C#N)cc2)c(F)c1. The first-order valence-corrected chi connectivity index (χ1v) is 7.08. The molecule has 22 heavy (non-hydrogen) atoms. The number of halogens is 1. The molecule has 0 unspecified atom stereocenters. The molecule has 2 aromatic carbocycles. The summed E-state index contributed by atoms with van der Waals surface area (Å²) in [6.45, 7) is 2.06. The Balaban J connectivity index is 2.02. The van der Waals surface area contributed by atoms with Crippen molar-refractivity contribution in [2.24, 2.45) is 10.2 Å². The highest BCUT2D eigenvalue weighted by Gasteiger charge is 2.00. The van der Waals surface area contributed by atoms with Gasteiger partial charge in [0.2, 0.25) is 0 Å². The molecular weight excluding hydrogens is 277 g/mol. The molecule has 0 saturated heterocycles. The van der Waals surface area contributed by atoms with Gasteiger partial charge in [0.15, 0.2) is 0 Å². The summed E-state index contributed by atoms with van der Waals surface area (Å²) in [5.41, 5.74) is 2.82. The maximum atomic E-state index is 13.8. The van der Waals surface area contributed by atoms with Gasteiger partial charge in [0.1, 0.15) is 5.82 Å². The van der Waals surface area contributed by atoms with Gasteiger partial charge in [0.05, 0.1) is 24.1 Å². The maximum absolute atomic E-state index is 13.8. The van der Waals surface area contributed by atoms with E-state index in [-0.39, 0.29) is 5.82 Å². The summed E-state index contributed by atoms with van der Waals surface area (Å²) in [6, 6.07) is 14.2. The second-order valence-corrected chi connectivity index (χ2v) is 4.83. The molecule has 0 aliphatic heterocycles. The molecular formula is C18H16FN3. The van der Waals surface area contributed by atoms with Crippen LogP contribution in [0.5, 0.6) is 0 Å². The highest BCUT2D eigenvalue weighted by atomic mass is 19.1. The van der Waals surface area contributed by atoms with E-state index in [2.05, 4.69) is 17.1 Å². The summed E-state index contributed by atoms with van der Waals surface area (Å²) in [4.78, 5) is 0. The quantitative estimate of drug-likeness (QED) is 0.604. The number of rotatable bonds is 5. The number of nitriles is 1. The molecule has 0 amide bonds. The van der Waals surface area contributed by atoms with E-state index < -0.39 is 0 Å². The van der Waals surface area contributed by atoms with Gasteiger partial charge in [0, 0.05) is 5.56 Å². The molecule has 0 aliphatic rings. The van der Waals surface area contributed by atoms with E-state index in [4.69, 9.17) is 5.26 Å². The number of benzene rings is 2. The molecule has 0 aliphatic carbocycles. The third kappa shape index (κ3) is 4.35. The molecule has 3 nitrogen and oxygen atoms in total. The van der Waals surface area contributed by atoms with Crippen LogP contribution in [0, 0.1) is 17.1 Å². The maximum Gasteiger partial charge on any atom is 0.132 e. The molecule has 0 N–H and O–H groups in total. The molecule has 0 aromatic heterocycles. The molecule has 0 radical (unpaired) electrons. The molecule has 4 heteroatoms. The van der Waals surface area contributed by atoms with Crippen LogP contribution in [0.25, 0.3) is 0 Å². The van der Waals surface area contributed by atoms with Gasteiger partial charge in [-0.3, -0.25) is 0 Å². The first-order valence-electron chi connectivity index (χ1n) is 7.08. The lowest BCUT2D eigenvalue weighted by Gasteiger charge is -2.00. The molecule has 2 aromatic rings. The van der Waals surface area contributed by atoms with Crippen LogP contribution in [-0.4, -0.2) is 12.4 Å². The largest absolute Gasteiger partial charge is 0.206 e. The number of hydrogen-bond acceptors (Lipinski definition) is 3. The fourth-order valence-corrected chi connectivity index (χ4v) is 1.96. The molecule has 0 fully saturated rings. The Kier molecular flexibility index (Phi) is 5.56. The lowest BCUT2D eigenvalue weighted by atomic mass is 10.1. The van der Waals surface area contributed by atoms with E-state index in [0.717, 1.165) is 24.0 Å². The highest BCUT2D eigenvalue weighted by Crippen LogP contribution is 2.10. The fraction of sp³-hybridized carbons (Fsp3) is 0.167. The third-order valence-corrected chi connectivity index (χ3v) is 3.11. The van der Waals surface area contributed by atoms with E-state index >= 15 is 0 Å². The van der Waals surface area contributed by atoms with Crippen LogP contribution in [-0.2, 0) is 6.42 Å². The minimum atomic E-state index is -0.289. The molecule has 0 saturated carbocycles. The van der Waals surface area contributed by atoms with Crippen LogP contribution >= 0.6 is 0 Å². The molecule has 110 valence electrons. The van der Waals surface area contributed by atoms with Gasteiger partial charge >= 0.3 is 0 Å². The zero-order chi connectivity index (χ0) is 15.8. The topological polar surface area (TPSA) is 48.5 Å². The van der Waals surface area contributed by atoms with Crippen molar-refractivity contribution in [2.75, 3.05) is 0 Å². The van der Waals surface area contributed by atoms with Gasteiger partial charge < -0.3 is 0 Å². The number of nitrogens with zero attached hydrogens (tertiary/aromatic N) is 3. The Labute approximate surface area is 129 Å². The average Bonchev–Trinajstić information content (AvgIpc) is 2.54. The lowest BCUT2D eigenvalue weighted by Crippen LogP contribution is -1.91. The summed E-state index contributed by atoms with van der Waals surface area (Å²) in [7, 11) is 0. The van der Waals surface area contributed by atoms with Crippen LogP contribution in [0.2, 0.25) is 0 Å². The molecule has 0 heterocycles. The van der Waals surface area contributed by atoms with E-state index in [1.807, 2.05) is 12.1 Å². The van der Waals surface area contributed by atoms with Crippen molar-refractivity contribution in [1.82, 2.24) is 0 Å². The highest BCUT2D eigenvalue weighted by molar-refractivity contribution is 5.83. The Bertz CT molecular complexity index is 725. The van der Waals surface area contributed by atoms with Crippen molar-refractivity contribution in [3.8, 4) is 6.07 Å². The minimum Gasteiger partial charge on any atom is -0.206 e. The van der Waals surface area contributed by atoms with Crippen molar-refractivity contribution in [1.29, 1.82) is 5.26 Å². The molecule has 2 rings (SSSR count). The van der Waals surface area contributed by atoms with Gasteiger partial charge in [-0.15, -0.1) is 0 Å². The van der Waals surface area contributed by atoms with E-state index in [1.165, 1.54) is 12.3 Å². The Morgan fingerprint density at radius 2 is 1.82 bits per heavy atom.